The molecule has 2 N–H and O–H groups in total. The quantitative estimate of drug-likeness (QED) is 0.845. The highest BCUT2D eigenvalue weighted by atomic mass is 32.1. The van der Waals surface area contributed by atoms with E-state index < -0.39 is 6.10 Å². The highest BCUT2D eigenvalue weighted by molar-refractivity contribution is 7.19. The van der Waals surface area contributed by atoms with Gasteiger partial charge in [-0.25, -0.2) is 0 Å². The van der Waals surface area contributed by atoms with Crippen LogP contribution >= 0.6 is 11.3 Å². The maximum atomic E-state index is 12.3. The van der Waals surface area contributed by atoms with E-state index in [4.69, 9.17) is 0 Å². The van der Waals surface area contributed by atoms with E-state index in [1.54, 1.807) is 11.3 Å². The van der Waals surface area contributed by atoms with Gasteiger partial charge in [-0.2, -0.15) is 0 Å². The molecule has 1 amide bonds. The predicted molar refractivity (Wildman–Crippen MR) is 99.2 cm³/mol. The van der Waals surface area contributed by atoms with Gasteiger partial charge in [0.15, 0.2) is 0 Å². The molecule has 0 radical (unpaired) electrons. The van der Waals surface area contributed by atoms with Crippen LogP contribution in [0.2, 0.25) is 0 Å². The molecule has 130 valence electrons. The first-order valence-corrected chi connectivity index (χ1v) is 9.51. The summed E-state index contributed by atoms with van der Waals surface area (Å²) in [7, 11) is 0. The number of thiophene rings is 1. The molecule has 2 aromatic rings. The number of hydrogen-bond donors (Lipinski definition) is 2. The van der Waals surface area contributed by atoms with Crippen molar-refractivity contribution in [2.24, 2.45) is 11.8 Å². The molecule has 2 heterocycles. The van der Waals surface area contributed by atoms with Crippen molar-refractivity contribution in [2.45, 2.75) is 26.4 Å². The molecule has 3 rings (SSSR count). The minimum absolute atomic E-state index is 0.0540. The van der Waals surface area contributed by atoms with E-state index in [2.05, 4.69) is 30.1 Å². The predicted octanol–water partition coefficient (Wildman–Crippen LogP) is 3.03. The molecule has 0 aliphatic carbocycles. The highest BCUT2D eigenvalue weighted by Gasteiger charge is 2.28. The fraction of sp³-hybridized carbons (Fsp3) is 0.526. The average molecular weight is 346 g/mol. The fourth-order valence-electron chi connectivity index (χ4n) is 3.34. The summed E-state index contributed by atoms with van der Waals surface area (Å²) >= 11 is 1.59. The Hall–Kier alpha value is -1.43. The summed E-state index contributed by atoms with van der Waals surface area (Å²) in [6.45, 7) is 7.57. The van der Waals surface area contributed by atoms with E-state index in [1.165, 1.54) is 0 Å². The fourth-order valence-corrected chi connectivity index (χ4v) is 4.39. The molecule has 0 saturated carbocycles. The summed E-state index contributed by atoms with van der Waals surface area (Å²) in [5.41, 5.74) is 0. The van der Waals surface area contributed by atoms with Gasteiger partial charge in [-0.3, -0.25) is 4.79 Å². The smallest absolute Gasteiger partial charge is 0.224 e. The largest absolute Gasteiger partial charge is 0.386 e. The first kappa shape index (κ1) is 17.4. The van der Waals surface area contributed by atoms with Gasteiger partial charge in [-0.1, -0.05) is 32.0 Å². The van der Waals surface area contributed by atoms with Crippen LogP contribution in [0.4, 0.5) is 0 Å². The molecule has 2 atom stereocenters. The molecule has 4 nitrogen and oxygen atoms in total. The average Bonchev–Trinajstić information content (AvgIpc) is 3.18. The summed E-state index contributed by atoms with van der Waals surface area (Å²) in [6, 6.07) is 10.1. The molecule has 5 heteroatoms. The molecule has 1 saturated heterocycles. The number of carbonyl (C=O) groups excluding carboxylic acids is 1. The Labute approximate surface area is 147 Å². The van der Waals surface area contributed by atoms with Gasteiger partial charge >= 0.3 is 0 Å². The summed E-state index contributed by atoms with van der Waals surface area (Å²) < 4.78 is 1.16. The second-order valence-corrected chi connectivity index (χ2v) is 8.20. The van der Waals surface area contributed by atoms with Crippen LogP contribution in [0.25, 0.3) is 10.1 Å². The zero-order valence-corrected chi connectivity index (χ0v) is 15.2. The Morgan fingerprint density at radius 1 is 1.42 bits per heavy atom. The number of carbonyl (C=O) groups is 1. The number of hydrogen-bond acceptors (Lipinski definition) is 4. The van der Waals surface area contributed by atoms with Crippen LogP contribution in [-0.2, 0) is 4.79 Å². The third-order valence-corrected chi connectivity index (χ3v) is 5.73. The molecule has 1 aromatic carbocycles. The first-order valence-electron chi connectivity index (χ1n) is 8.69. The Balaban J connectivity index is 1.51. The van der Waals surface area contributed by atoms with E-state index in [1.807, 2.05) is 24.3 Å². The lowest BCUT2D eigenvalue weighted by Crippen LogP contribution is -2.35. The lowest BCUT2D eigenvalue weighted by Gasteiger charge is -2.18. The normalized spacial score (nSPS) is 19.9. The van der Waals surface area contributed by atoms with Crippen LogP contribution in [0, 0.1) is 11.8 Å². The van der Waals surface area contributed by atoms with E-state index in [0.717, 1.165) is 41.0 Å². The van der Waals surface area contributed by atoms with Crippen LogP contribution in [-0.4, -0.2) is 42.1 Å². The van der Waals surface area contributed by atoms with Gasteiger partial charge in [0.25, 0.3) is 0 Å². The molecule has 0 bridgehead atoms. The number of likely N-dealkylation sites (tertiary alicyclic amines) is 1. The molecule has 2 unspecified atom stereocenters. The lowest BCUT2D eigenvalue weighted by molar-refractivity contribution is -0.125. The number of fused-ring (bicyclic) bond motifs is 1. The van der Waals surface area contributed by atoms with Crippen LogP contribution < -0.4 is 5.32 Å². The number of rotatable bonds is 6. The van der Waals surface area contributed by atoms with E-state index in [9.17, 15) is 9.90 Å². The maximum absolute atomic E-state index is 12.3. The third-order valence-electron chi connectivity index (χ3n) is 4.51. The van der Waals surface area contributed by atoms with Crippen molar-refractivity contribution in [3.8, 4) is 0 Å². The van der Waals surface area contributed by atoms with Crippen molar-refractivity contribution in [3.05, 3.63) is 35.2 Å². The van der Waals surface area contributed by atoms with Crippen molar-refractivity contribution in [1.29, 1.82) is 0 Å². The lowest BCUT2D eigenvalue weighted by atomic mass is 10.1. The number of amides is 1. The number of benzene rings is 1. The van der Waals surface area contributed by atoms with Gasteiger partial charge in [0, 0.05) is 29.2 Å². The van der Waals surface area contributed by atoms with Gasteiger partial charge in [0.05, 0.1) is 5.92 Å². The standard InChI is InChI=1S/C19H26N2O2S/c1-13(2)11-21-8-7-15(12-21)19(23)20-10-16(22)18-9-14-5-3-4-6-17(14)24-18/h3-6,9,13,15-16,22H,7-8,10-12H2,1-2H3,(H,20,23). The van der Waals surface area contributed by atoms with E-state index in [0.29, 0.717) is 5.92 Å². The SMILES string of the molecule is CC(C)CN1CCC(C(=O)NCC(O)c2cc3ccccc3s2)C1. The molecule has 0 spiro atoms. The minimum Gasteiger partial charge on any atom is -0.386 e. The maximum Gasteiger partial charge on any atom is 0.224 e. The van der Waals surface area contributed by atoms with Crippen LogP contribution in [0.15, 0.2) is 30.3 Å². The molecule has 1 aliphatic heterocycles. The molecule has 1 aliphatic rings. The second kappa shape index (κ2) is 7.64. The van der Waals surface area contributed by atoms with Gasteiger partial charge in [0.1, 0.15) is 6.10 Å². The Morgan fingerprint density at radius 2 is 2.21 bits per heavy atom. The summed E-state index contributed by atoms with van der Waals surface area (Å²) in [5.74, 6) is 0.751. The van der Waals surface area contributed by atoms with Crippen molar-refractivity contribution in [1.82, 2.24) is 10.2 Å². The molecule has 1 fully saturated rings. The van der Waals surface area contributed by atoms with Crippen LogP contribution in [0.5, 0.6) is 0 Å². The molecule has 24 heavy (non-hydrogen) atoms. The summed E-state index contributed by atoms with van der Waals surface area (Å²) in [6.07, 6.45) is 0.275. The number of aliphatic hydroxyl groups excluding tert-OH is 1. The zero-order valence-electron chi connectivity index (χ0n) is 14.4. The van der Waals surface area contributed by atoms with Gasteiger partial charge in [-0.05, 0) is 36.4 Å². The molecule has 1 aromatic heterocycles. The van der Waals surface area contributed by atoms with E-state index in [-0.39, 0.29) is 18.4 Å². The summed E-state index contributed by atoms with van der Waals surface area (Å²) in [4.78, 5) is 15.6. The Morgan fingerprint density at radius 3 is 2.96 bits per heavy atom. The molecular formula is C19H26N2O2S. The van der Waals surface area contributed by atoms with Crippen molar-refractivity contribution in [2.75, 3.05) is 26.2 Å². The summed E-state index contributed by atoms with van der Waals surface area (Å²) in [5, 5.41) is 14.4. The zero-order chi connectivity index (χ0) is 17.1. The number of aliphatic hydroxyl groups is 1. The van der Waals surface area contributed by atoms with Crippen molar-refractivity contribution in [3.63, 3.8) is 0 Å². The van der Waals surface area contributed by atoms with Gasteiger partial charge in [0.2, 0.25) is 5.91 Å². The van der Waals surface area contributed by atoms with Crippen molar-refractivity contribution < 1.29 is 9.90 Å². The van der Waals surface area contributed by atoms with Gasteiger partial charge in [-0.15, -0.1) is 11.3 Å². The Bertz CT molecular complexity index is 664. The van der Waals surface area contributed by atoms with Gasteiger partial charge < -0.3 is 15.3 Å². The second-order valence-electron chi connectivity index (χ2n) is 7.09. The van der Waals surface area contributed by atoms with Crippen LogP contribution in [0.3, 0.4) is 0 Å². The monoisotopic (exact) mass is 346 g/mol. The van der Waals surface area contributed by atoms with E-state index >= 15 is 0 Å². The highest BCUT2D eigenvalue weighted by Crippen LogP contribution is 2.29. The number of nitrogens with one attached hydrogen (secondary N) is 1. The van der Waals surface area contributed by atoms with Crippen molar-refractivity contribution >= 4 is 27.3 Å². The number of nitrogens with zero attached hydrogens (tertiary/aromatic N) is 1. The minimum atomic E-state index is -0.639. The first-order chi connectivity index (χ1) is 11.5. The van der Waals surface area contributed by atoms with Crippen LogP contribution in [0.1, 0.15) is 31.2 Å². The topological polar surface area (TPSA) is 52.6 Å². The third kappa shape index (κ3) is 4.15. The Kier molecular flexibility index (Phi) is 5.54. The molecular weight excluding hydrogens is 320 g/mol.